The summed E-state index contributed by atoms with van der Waals surface area (Å²) in [5, 5.41) is 2.24. The Balaban J connectivity index is 1.26. The van der Waals surface area contributed by atoms with Crippen LogP contribution in [0.25, 0.3) is 38.8 Å². The summed E-state index contributed by atoms with van der Waals surface area (Å²) in [6.07, 6.45) is 1.82. The number of fused-ring (bicyclic) bond motifs is 4. The Hall–Kier alpha value is -6.47. The lowest BCUT2D eigenvalue weighted by molar-refractivity contribution is 0.483. The summed E-state index contributed by atoms with van der Waals surface area (Å²) in [6, 6.07) is 43.6. The van der Waals surface area contributed by atoms with Crippen molar-refractivity contribution in [2.75, 3.05) is 16.5 Å². The van der Waals surface area contributed by atoms with Crippen molar-refractivity contribution in [1.82, 2.24) is 9.55 Å². The molecule has 0 bridgehead atoms. The Kier molecular flexibility index (Phi) is 9.54. The first-order valence-electron chi connectivity index (χ1n) is 20.7. The molecule has 0 saturated carbocycles. The summed E-state index contributed by atoms with van der Waals surface area (Å²) in [7, 11) is 0. The van der Waals surface area contributed by atoms with Crippen LogP contribution < -0.4 is 14.5 Å². The second-order valence-corrected chi connectivity index (χ2v) is 18.3. The van der Waals surface area contributed by atoms with E-state index in [9.17, 15) is 4.39 Å². The van der Waals surface area contributed by atoms with Crippen LogP contribution in [0.15, 0.2) is 140 Å². The van der Waals surface area contributed by atoms with E-state index in [0.717, 1.165) is 56.3 Å². The number of nitrogens with zero attached hydrogens (tertiary/aromatic N) is 4. The van der Waals surface area contributed by atoms with Gasteiger partial charge in [0.25, 0.3) is 0 Å². The molecule has 3 heterocycles. The average Bonchev–Trinajstić information content (AvgIpc) is 3.76. The smallest absolute Gasteiger partial charge is 0.149 e. The van der Waals surface area contributed by atoms with E-state index in [1.807, 2.05) is 59.6 Å². The molecule has 0 spiro atoms. The van der Waals surface area contributed by atoms with Gasteiger partial charge in [-0.2, -0.15) is 0 Å². The molecule has 1 aliphatic rings. The van der Waals surface area contributed by atoms with E-state index < -0.39 is 11.6 Å². The molecule has 0 unspecified atom stereocenters. The van der Waals surface area contributed by atoms with Crippen molar-refractivity contribution in [2.24, 2.45) is 0 Å². The van der Waals surface area contributed by atoms with Crippen molar-refractivity contribution in [3.8, 4) is 28.4 Å². The molecule has 302 valence electrons. The zero-order valence-corrected chi connectivity index (χ0v) is 35.5. The molecule has 60 heavy (non-hydrogen) atoms. The van der Waals surface area contributed by atoms with Gasteiger partial charge in [-0.1, -0.05) is 104 Å². The van der Waals surface area contributed by atoms with Crippen molar-refractivity contribution >= 4 is 44.6 Å². The van der Waals surface area contributed by atoms with Crippen molar-refractivity contribution in [3.05, 3.63) is 168 Å². The Morgan fingerprint density at radius 2 is 1.27 bits per heavy atom. The molecule has 6 aromatic carbocycles. The Labute approximate surface area is 351 Å². The highest BCUT2D eigenvalue weighted by Crippen LogP contribution is 2.49. The number of anilines is 4. The fraction of sp³-hybridized carbons (Fsp3) is 0.226. The van der Waals surface area contributed by atoms with Gasteiger partial charge in [0.1, 0.15) is 35.6 Å². The summed E-state index contributed by atoms with van der Waals surface area (Å²) in [5.41, 5.74) is 10.7. The van der Waals surface area contributed by atoms with Crippen LogP contribution in [0, 0.1) is 11.6 Å². The molecule has 0 saturated heterocycles. The molecule has 0 fully saturated rings. The maximum absolute atomic E-state index is 15.5. The minimum absolute atomic E-state index is 0.182. The van der Waals surface area contributed by atoms with Gasteiger partial charge < -0.3 is 14.5 Å². The Bertz CT molecular complexity index is 2880. The summed E-state index contributed by atoms with van der Waals surface area (Å²) >= 11 is 0. The lowest BCUT2D eigenvalue weighted by atomic mass is 9.72. The van der Waals surface area contributed by atoms with Crippen LogP contribution in [0.4, 0.5) is 31.5 Å². The van der Waals surface area contributed by atoms with Gasteiger partial charge in [-0.05, 0) is 111 Å². The SMILES string of the molecule is CC(C)c1cc(C(C)(C)C)c(-c2cc(Oc3ccc4c5ccccc5n(-c5ccccn5)c4c3)cc(N3CN(c4ccc(F)cc4F)c4ccccc43)c2)c(C(C)(C)C)c1. The highest BCUT2D eigenvalue weighted by atomic mass is 19.1. The number of rotatable bonds is 7. The molecule has 0 amide bonds. The largest absolute Gasteiger partial charge is 0.457 e. The first-order valence-corrected chi connectivity index (χ1v) is 20.7. The number of para-hydroxylation sites is 3. The minimum Gasteiger partial charge on any atom is -0.457 e. The molecular formula is C53H50F2N4O. The number of halogens is 2. The first-order chi connectivity index (χ1) is 28.7. The number of hydrogen-bond donors (Lipinski definition) is 0. The second-order valence-electron chi connectivity index (χ2n) is 18.3. The fourth-order valence-corrected chi connectivity index (χ4v) is 8.66. The van der Waals surface area contributed by atoms with Crippen molar-refractivity contribution in [1.29, 1.82) is 0 Å². The van der Waals surface area contributed by atoms with Gasteiger partial charge in [0.2, 0.25) is 0 Å². The van der Waals surface area contributed by atoms with Gasteiger partial charge in [0.05, 0.1) is 28.1 Å². The normalized spacial score (nSPS) is 13.2. The Morgan fingerprint density at radius 3 is 1.93 bits per heavy atom. The molecule has 0 N–H and O–H groups in total. The van der Waals surface area contributed by atoms with Gasteiger partial charge in [0.15, 0.2) is 0 Å². The first kappa shape index (κ1) is 39.0. The molecule has 2 aromatic heterocycles. The molecule has 9 rings (SSSR count). The predicted octanol–water partition coefficient (Wildman–Crippen LogP) is 14.9. The van der Waals surface area contributed by atoms with Crippen molar-refractivity contribution in [3.63, 3.8) is 0 Å². The molecule has 1 aliphatic heterocycles. The lowest BCUT2D eigenvalue weighted by Gasteiger charge is -2.32. The quantitative estimate of drug-likeness (QED) is 0.161. The van der Waals surface area contributed by atoms with Crippen molar-refractivity contribution in [2.45, 2.75) is 72.1 Å². The highest BCUT2D eigenvalue weighted by Gasteiger charge is 2.32. The van der Waals surface area contributed by atoms with Gasteiger partial charge in [-0.3, -0.25) is 4.57 Å². The van der Waals surface area contributed by atoms with Crippen LogP contribution in [0.2, 0.25) is 0 Å². The molecule has 7 heteroatoms. The third-order valence-corrected chi connectivity index (χ3v) is 11.6. The number of pyridine rings is 1. The van der Waals surface area contributed by atoms with E-state index in [2.05, 4.69) is 132 Å². The van der Waals surface area contributed by atoms with Gasteiger partial charge in [-0.15, -0.1) is 0 Å². The van der Waals surface area contributed by atoms with E-state index in [-0.39, 0.29) is 10.8 Å². The molecule has 8 aromatic rings. The molecule has 5 nitrogen and oxygen atoms in total. The molecular weight excluding hydrogens is 747 g/mol. The third kappa shape index (κ3) is 6.96. The maximum Gasteiger partial charge on any atom is 0.149 e. The highest BCUT2D eigenvalue weighted by molar-refractivity contribution is 6.09. The lowest BCUT2D eigenvalue weighted by Crippen LogP contribution is -2.25. The van der Waals surface area contributed by atoms with Gasteiger partial charge >= 0.3 is 0 Å². The summed E-state index contributed by atoms with van der Waals surface area (Å²) in [5.74, 6) is 1.30. The molecule has 0 aliphatic carbocycles. The van der Waals surface area contributed by atoms with Crippen LogP contribution in [0.5, 0.6) is 11.5 Å². The molecule has 0 radical (unpaired) electrons. The fourth-order valence-electron chi connectivity index (χ4n) is 8.66. The van der Waals surface area contributed by atoms with E-state index in [4.69, 9.17) is 9.72 Å². The average molecular weight is 797 g/mol. The van der Waals surface area contributed by atoms with Gasteiger partial charge in [-0.25, -0.2) is 13.8 Å². The summed E-state index contributed by atoms with van der Waals surface area (Å²) in [4.78, 5) is 8.83. The number of ether oxygens (including phenoxy) is 1. The summed E-state index contributed by atoms with van der Waals surface area (Å²) in [6.45, 7) is 18.5. The number of aromatic nitrogens is 2. The minimum atomic E-state index is -0.613. The standard InChI is InChI=1S/C53H50F2N4O/c1-33(2)34-27-42(52(3,4)5)51(43(28-34)53(6,7)8)35-25-37(57-32-58(48-18-12-11-17-47(48)57)46-23-20-36(54)29-44(46)55)30-39(26-35)60-38-21-22-41-40-15-9-10-16-45(40)59(49(41)31-38)50-19-13-14-24-56-50/h9-31,33H,32H2,1-8H3. The topological polar surface area (TPSA) is 33.5 Å². The van der Waals surface area contributed by atoms with Crippen LogP contribution in [-0.4, -0.2) is 16.2 Å². The zero-order chi connectivity index (χ0) is 42.1. The Morgan fingerprint density at radius 1 is 0.600 bits per heavy atom. The van der Waals surface area contributed by atoms with Crippen LogP contribution in [0.1, 0.15) is 78.0 Å². The molecule has 0 atom stereocenters. The van der Waals surface area contributed by atoms with E-state index in [0.29, 0.717) is 29.8 Å². The zero-order valence-electron chi connectivity index (χ0n) is 35.5. The van der Waals surface area contributed by atoms with Crippen LogP contribution in [0.3, 0.4) is 0 Å². The summed E-state index contributed by atoms with van der Waals surface area (Å²) < 4.78 is 38.9. The van der Waals surface area contributed by atoms with Crippen LogP contribution in [-0.2, 0) is 10.8 Å². The number of hydrogen-bond acceptors (Lipinski definition) is 4. The van der Waals surface area contributed by atoms with Crippen LogP contribution >= 0.6 is 0 Å². The number of benzene rings is 6. The van der Waals surface area contributed by atoms with E-state index >= 15 is 4.39 Å². The van der Waals surface area contributed by atoms with Crippen molar-refractivity contribution < 1.29 is 13.5 Å². The third-order valence-electron chi connectivity index (χ3n) is 11.6. The maximum atomic E-state index is 15.5. The monoisotopic (exact) mass is 796 g/mol. The predicted molar refractivity (Wildman–Crippen MR) is 244 cm³/mol. The van der Waals surface area contributed by atoms with Gasteiger partial charge in [0, 0.05) is 40.9 Å². The van der Waals surface area contributed by atoms with E-state index in [1.54, 1.807) is 0 Å². The van der Waals surface area contributed by atoms with E-state index in [1.165, 1.54) is 34.4 Å². The second kappa shape index (κ2) is 14.7.